The molecule has 1 N–H and O–H groups in total. The number of aromatic nitrogens is 4. The van der Waals surface area contributed by atoms with Crippen LogP contribution >= 0.6 is 0 Å². The van der Waals surface area contributed by atoms with E-state index in [0.29, 0.717) is 23.5 Å². The lowest BCUT2D eigenvalue weighted by Crippen LogP contribution is -2.47. The second-order valence-electron chi connectivity index (χ2n) is 9.51. The molecule has 0 amide bonds. The molecule has 36 heavy (non-hydrogen) atoms. The van der Waals surface area contributed by atoms with Gasteiger partial charge in [0.05, 0.1) is 34.8 Å². The molecule has 190 valence electrons. The van der Waals surface area contributed by atoms with Crippen LogP contribution in [0.5, 0.6) is 0 Å². The van der Waals surface area contributed by atoms with Crippen molar-refractivity contribution in [2.75, 3.05) is 37.0 Å². The number of aryl methyl sites for hydroxylation is 2. The van der Waals surface area contributed by atoms with Gasteiger partial charge in [0.1, 0.15) is 11.5 Å². The minimum absolute atomic E-state index is 0.0411. The standard InChI is InChI=1S/C26H31FN6O2S/c1-18-17-36(34,35)12-11-32(18)10-4-5-20-15-33(21-14-29-31(3)16-21)26-22(20)7-9-24(30-26)19-6-8-25(28-2)23(27)13-19/h6-9,13-16,18,28H,4-5,10-12,17H2,1-3H3. The first-order chi connectivity index (χ1) is 17.2. The molecule has 1 unspecified atom stereocenters. The Labute approximate surface area is 210 Å². The van der Waals surface area contributed by atoms with Gasteiger partial charge in [-0.05, 0) is 56.1 Å². The van der Waals surface area contributed by atoms with E-state index in [9.17, 15) is 12.8 Å². The van der Waals surface area contributed by atoms with Gasteiger partial charge in [0.2, 0.25) is 0 Å². The number of hydrogen-bond acceptors (Lipinski definition) is 6. The van der Waals surface area contributed by atoms with Crippen LogP contribution in [0, 0.1) is 5.82 Å². The molecule has 1 atom stereocenters. The third-order valence-corrected chi connectivity index (χ3v) is 8.73. The van der Waals surface area contributed by atoms with Crippen molar-refractivity contribution in [3.8, 4) is 16.9 Å². The van der Waals surface area contributed by atoms with E-state index in [1.165, 1.54) is 11.6 Å². The van der Waals surface area contributed by atoms with Gasteiger partial charge in [-0.25, -0.2) is 17.8 Å². The molecule has 5 rings (SSSR count). The highest BCUT2D eigenvalue weighted by Gasteiger charge is 2.27. The summed E-state index contributed by atoms with van der Waals surface area (Å²) in [6.07, 6.45) is 7.60. The average Bonchev–Trinajstić information content (AvgIpc) is 3.43. The SMILES string of the molecule is CNc1ccc(-c2ccc3c(CCCN4CCS(=O)(=O)CC4C)cn(-c4cnn(C)c4)c3n2)cc1F. The van der Waals surface area contributed by atoms with Gasteiger partial charge in [0.15, 0.2) is 9.84 Å². The molecule has 3 aromatic heterocycles. The first kappa shape index (κ1) is 24.5. The van der Waals surface area contributed by atoms with Crippen LogP contribution < -0.4 is 5.32 Å². The number of pyridine rings is 1. The van der Waals surface area contributed by atoms with Crippen molar-refractivity contribution in [1.29, 1.82) is 0 Å². The van der Waals surface area contributed by atoms with E-state index in [0.717, 1.165) is 36.1 Å². The highest BCUT2D eigenvalue weighted by Crippen LogP contribution is 2.29. The van der Waals surface area contributed by atoms with E-state index in [4.69, 9.17) is 4.98 Å². The molecule has 1 saturated heterocycles. The van der Waals surface area contributed by atoms with Gasteiger partial charge in [0, 0.05) is 50.0 Å². The molecule has 8 nitrogen and oxygen atoms in total. The van der Waals surface area contributed by atoms with Crippen molar-refractivity contribution in [2.45, 2.75) is 25.8 Å². The maximum absolute atomic E-state index is 14.4. The molecule has 0 bridgehead atoms. The number of fused-ring (bicyclic) bond motifs is 1. The molecule has 1 aliphatic heterocycles. The number of hydrogen-bond donors (Lipinski definition) is 1. The summed E-state index contributed by atoms with van der Waals surface area (Å²) in [7, 11) is 0.651. The second kappa shape index (κ2) is 9.67. The molecule has 4 heterocycles. The molecule has 0 spiro atoms. The van der Waals surface area contributed by atoms with Crippen molar-refractivity contribution >= 4 is 26.6 Å². The lowest BCUT2D eigenvalue weighted by Gasteiger charge is -2.33. The van der Waals surface area contributed by atoms with Gasteiger partial charge in [-0.1, -0.05) is 6.07 Å². The summed E-state index contributed by atoms with van der Waals surface area (Å²) in [6, 6.07) is 9.11. The molecule has 0 saturated carbocycles. The van der Waals surface area contributed by atoms with Crippen molar-refractivity contribution < 1.29 is 12.8 Å². The molecule has 1 aromatic carbocycles. The third kappa shape index (κ3) is 4.87. The lowest BCUT2D eigenvalue weighted by atomic mass is 10.1. The Balaban J connectivity index is 1.44. The van der Waals surface area contributed by atoms with Crippen LogP contribution in [-0.2, 0) is 23.3 Å². The van der Waals surface area contributed by atoms with Crippen LogP contribution in [0.1, 0.15) is 18.9 Å². The number of benzene rings is 1. The summed E-state index contributed by atoms with van der Waals surface area (Å²) in [5.41, 5.74) is 4.73. The smallest absolute Gasteiger partial charge is 0.153 e. The summed E-state index contributed by atoms with van der Waals surface area (Å²) in [5, 5.41) is 8.21. The Morgan fingerprint density at radius 1 is 1.19 bits per heavy atom. The predicted octanol–water partition coefficient (Wildman–Crippen LogP) is 3.66. The highest BCUT2D eigenvalue weighted by molar-refractivity contribution is 7.91. The predicted molar refractivity (Wildman–Crippen MR) is 141 cm³/mol. The quantitative estimate of drug-likeness (QED) is 0.409. The number of nitrogens with zero attached hydrogens (tertiary/aromatic N) is 5. The maximum atomic E-state index is 14.4. The normalized spacial score (nSPS) is 18.1. The molecular formula is C26H31FN6O2S. The zero-order chi connectivity index (χ0) is 25.4. The topological polar surface area (TPSA) is 85.0 Å². The van der Waals surface area contributed by atoms with Gasteiger partial charge >= 0.3 is 0 Å². The summed E-state index contributed by atoms with van der Waals surface area (Å²) in [6.45, 7) is 3.43. The van der Waals surface area contributed by atoms with Crippen LogP contribution in [0.15, 0.2) is 48.9 Å². The van der Waals surface area contributed by atoms with Crippen LogP contribution in [0.25, 0.3) is 28.0 Å². The van der Waals surface area contributed by atoms with Crippen molar-refractivity contribution in [3.05, 3.63) is 60.3 Å². The first-order valence-corrected chi connectivity index (χ1v) is 14.0. The van der Waals surface area contributed by atoms with Crippen molar-refractivity contribution in [2.24, 2.45) is 7.05 Å². The lowest BCUT2D eigenvalue weighted by molar-refractivity contribution is 0.224. The van der Waals surface area contributed by atoms with Crippen molar-refractivity contribution in [3.63, 3.8) is 0 Å². The number of nitrogens with one attached hydrogen (secondary N) is 1. The minimum atomic E-state index is -2.92. The number of sulfone groups is 1. The Kier molecular flexibility index (Phi) is 6.57. The monoisotopic (exact) mass is 510 g/mol. The zero-order valence-corrected chi connectivity index (χ0v) is 21.6. The van der Waals surface area contributed by atoms with Crippen LogP contribution in [0.3, 0.4) is 0 Å². The molecule has 0 aliphatic carbocycles. The van der Waals surface area contributed by atoms with Crippen LogP contribution in [0.4, 0.5) is 10.1 Å². The van der Waals surface area contributed by atoms with Crippen LogP contribution in [-0.4, -0.2) is 70.3 Å². The van der Waals surface area contributed by atoms with Gasteiger partial charge in [-0.15, -0.1) is 0 Å². The fourth-order valence-corrected chi connectivity index (χ4v) is 6.60. The number of rotatable bonds is 7. The number of anilines is 1. The molecule has 1 aliphatic rings. The Morgan fingerprint density at radius 2 is 2.03 bits per heavy atom. The van der Waals surface area contributed by atoms with Crippen LogP contribution in [0.2, 0.25) is 0 Å². The Bertz CT molecular complexity index is 1510. The summed E-state index contributed by atoms with van der Waals surface area (Å²) in [5.74, 6) is 0.149. The van der Waals surface area contributed by atoms with E-state index >= 15 is 0 Å². The van der Waals surface area contributed by atoms with E-state index < -0.39 is 9.84 Å². The summed E-state index contributed by atoms with van der Waals surface area (Å²) < 4.78 is 42.0. The highest BCUT2D eigenvalue weighted by atomic mass is 32.2. The summed E-state index contributed by atoms with van der Waals surface area (Å²) in [4.78, 5) is 7.20. The van der Waals surface area contributed by atoms with Gasteiger partial charge in [0.25, 0.3) is 0 Å². The third-order valence-electron chi connectivity index (χ3n) is 6.94. The molecular weight excluding hydrogens is 479 g/mol. The Hall–Kier alpha value is -3.24. The van der Waals surface area contributed by atoms with Crippen molar-refractivity contribution in [1.82, 2.24) is 24.2 Å². The molecule has 0 radical (unpaired) electrons. The van der Waals surface area contributed by atoms with E-state index in [-0.39, 0.29) is 23.4 Å². The van der Waals surface area contributed by atoms with E-state index in [2.05, 4.69) is 27.6 Å². The fraction of sp³-hybridized carbons (Fsp3) is 0.385. The first-order valence-electron chi connectivity index (χ1n) is 12.2. The molecule has 4 aromatic rings. The van der Waals surface area contributed by atoms with Gasteiger partial charge < -0.3 is 5.32 Å². The summed E-state index contributed by atoms with van der Waals surface area (Å²) >= 11 is 0. The largest absolute Gasteiger partial charge is 0.386 e. The van der Waals surface area contributed by atoms with Gasteiger partial charge in [-0.2, -0.15) is 5.10 Å². The molecule has 10 heteroatoms. The minimum Gasteiger partial charge on any atom is -0.386 e. The zero-order valence-electron chi connectivity index (χ0n) is 20.8. The van der Waals surface area contributed by atoms with Gasteiger partial charge in [-0.3, -0.25) is 14.1 Å². The van der Waals surface area contributed by atoms with E-state index in [1.807, 2.05) is 36.9 Å². The van der Waals surface area contributed by atoms with E-state index in [1.54, 1.807) is 24.0 Å². The fourth-order valence-electron chi connectivity index (χ4n) is 4.97. The average molecular weight is 511 g/mol. The second-order valence-corrected chi connectivity index (χ2v) is 11.7. The number of halogens is 1. The maximum Gasteiger partial charge on any atom is 0.153 e. The molecule has 1 fully saturated rings. The Morgan fingerprint density at radius 3 is 2.72 bits per heavy atom.